The molecule has 1 aromatic heterocycles. The summed E-state index contributed by atoms with van der Waals surface area (Å²) in [6.45, 7) is 4.91. The van der Waals surface area contributed by atoms with Crippen LogP contribution in [-0.2, 0) is 17.6 Å². The zero-order valence-electron chi connectivity index (χ0n) is 22.3. The van der Waals surface area contributed by atoms with Crippen molar-refractivity contribution in [1.82, 2.24) is 15.2 Å². The summed E-state index contributed by atoms with van der Waals surface area (Å²) in [5.74, 6) is 0.423. The van der Waals surface area contributed by atoms with Gasteiger partial charge in [-0.2, -0.15) is 0 Å². The van der Waals surface area contributed by atoms with Crippen LogP contribution < -0.4 is 10.1 Å². The summed E-state index contributed by atoms with van der Waals surface area (Å²) in [6, 6.07) is 29.2. The van der Waals surface area contributed by atoms with Gasteiger partial charge in [-0.05, 0) is 73.4 Å². The van der Waals surface area contributed by atoms with Gasteiger partial charge in [-0.15, -0.1) is 0 Å². The molecular weight excluding hydrogens is 486 g/mol. The monoisotopic (exact) mass is 519 g/mol. The lowest BCUT2D eigenvalue weighted by Gasteiger charge is -2.38. The summed E-state index contributed by atoms with van der Waals surface area (Å²) in [5.41, 5.74) is 5.99. The highest BCUT2D eigenvalue weighted by Crippen LogP contribution is 2.38. The van der Waals surface area contributed by atoms with Crippen LogP contribution in [0, 0.1) is 6.92 Å². The average Bonchev–Trinajstić information content (AvgIpc) is 2.97. The molecule has 6 heteroatoms. The normalized spacial score (nSPS) is 15.2. The number of aryl methyl sites for hydroxylation is 1. The third-order valence-electron chi connectivity index (χ3n) is 7.07. The van der Waals surface area contributed by atoms with E-state index in [0.29, 0.717) is 30.8 Å². The molecule has 2 amide bonds. The summed E-state index contributed by atoms with van der Waals surface area (Å²) in [6.07, 6.45) is 2.48. The van der Waals surface area contributed by atoms with Crippen molar-refractivity contribution in [1.29, 1.82) is 0 Å². The number of fused-ring (bicyclic) bond motifs is 1. The van der Waals surface area contributed by atoms with Crippen molar-refractivity contribution >= 4 is 11.8 Å². The predicted molar refractivity (Wildman–Crippen MR) is 152 cm³/mol. The van der Waals surface area contributed by atoms with Gasteiger partial charge in [-0.1, -0.05) is 60.2 Å². The van der Waals surface area contributed by atoms with Gasteiger partial charge in [0.2, 0.25) is 0 Å². The molecule has 0 bridgehead atoms. The number of carbonyl (C=O) groups excluding carboxylic acids is 2. The van der Waals surface area contributed by atoms with Gasteiger partial charge in [0, 0.05) is 37.0 Å². The van der Waals surface area contributed by atoms with Crippen LogP contribution in [0.4, 0.5) is 0 Å². The van der Waals surface area contributed by atoms with Gasteiger partial charge in [0.15, 0.2) is 6.10 Å². The molecule has 3 aromatic carbocycles. The van der Waals surface area contributed by atoms with Crippen molar-refractivity contribution in [3.05, 3.63) is 131 Å². The zero-order valence-corrected chi connectivity index (χ0v) is 22.3. The minimum absolute atomic E-state index is 0.000251. The fraction of sp³-hybridized carbons (Fsp3) is 0.242. The Morgan fingerprint density at radius 2 is 1.82 bits per heavy atom. The van der Waals surface area contributed by atoms with E-state index in [0.717, 1.165) is 28.8 Å². The molecule has 39 heavy (non-hydrogen) atoms. The van der Waals surface area contributed by atoms with Crippen molar-refractivity contribution in [3.8, 4) is 5.75 Å². The Labute approximate surface area is 229 Å². The van der Waals surface area contributed by atoms with Crippen molar-refractivity contribution in [2.75, 3.05) is 13.1 Å². The standard InChI is InChI=1S/C33H33N3O3/c1-23-9-8-12-27(21-23)31-30-22-29(39-24(2)32(37)35-19-16-28-13-6-7-18-34-28)15-14-25(30)17-20-36(31)33(38)26-10-4-3-5-11-26/h3-15,18,21-22,24,31H,16-17,19-20H2,1-2H3,(H,35,37). The number of nitrogens with zero attached hydrogens (tertiary/aromatic N) is 2. The molecule has 0 spiro atoms. The Hall–Kier alpha value is -4.45. The Kier molecular flexibility index (Phi) is 8.02. The first-order valence-electron chi connectivity index (χ1n) is 13.4. The second-order valence-electron chi connectivity index (χ2n) is 9.91. The maximum atomic E-state index is 13.7. The molecule has 0 aliphatic carbocycles. The highest BCUT2D eigenvalue weighted by molar-refractivity contribution is 5.95. The third kappa shape index (κ3) is 6.17. The molecular formula is C33H33N3O3. The topological polar surface area (TPSA) is 71.5 Å². The molecule has 0 radical (unpaired) electrons. The summed E-state index contributed by atoms with van der Waals surface area (Å²) in [7, 11) is 0. The van der Waals surface area contributed by atoms with Crippen LogP contribution in [0.3, 0.4) is 0 Å². The number of pyridine rings is 1. The van der Waals surface area contributed by atoms with Crippen LogP contribution in [0.15, 0.2) is 97.2 Å². The molecule has 5 rings (SSSR count). The number of ether oxygens (including phenoxy) is 1. The Bertz CT molecular complexity index is 1440. The third-order valence-corrected chi connectivity index (χ3v) is 7.07. The number of aromatic nitrogens is 1. The number of hydrogen-bond acceptors (Lipinski definition) is 4. The second-order valence-corrected chi connectivity index (χ2v) is 9.91. The first-order valence-corrected chi connectivity index (χ1v) is 13.4. The largest absolute Gasteiger partial charge is 0.481 e. The highest BCUT2D eigenvalue weighted by Gasteiger charge is 2.33. The number of carbonyl (C=O) groups is 2. The van der Waals surface area contributed by atoms with Crippen LogP contribution in [-0.4, -0.2) is 40.9 Å². The Balaban J connectivity index is 1.37. The van der Waals surface area contributed by atoms with Gasteiger partial charge in [0.25, 0.3) is 11.8 Å². The van der Waals surface area contributed by atoms with Crippen LogP contribution >= 0.6 is 0 Å². The number of benzene rings is 3. The lowest BCUT2D eigenvalue weighted by Crippen LogP contribution is -2.41. The minimum Gasteiger partial charge on any atom is -0.481 e. The number of nitrogens with one attached hydrogen (secondary N) is 1. The van der Waals surface area contributed by atoms with Crippen LogP contribution in [0.5, 0.6) is 5.75 Å². The predicted octanol–water partition coefficient (Wildman–Crippen LogP) is 5.30. The summed E-state index contributed by atoms with van der Waals surface area (Å²) in [5, 5.41) is 2.94. The van der Waals surface area contributed by atoms with Gasteiger partial charge in [-0.25, -0.2) is 0 Å². The molecule has 4 aromatic rings. The maximum absolute atomic E-state index is 13.7. The Morgan fingerprint density at radius 3 is 2.59 bits per heavy atom. The van der Waals surface area contributed by atoms with Crippen molar-refractivity contribution in [2.24, 2.45) is 0 Å². The quantitative estimate of drug-likeness (QED) is 0.343. The fourth-order valence-corrected chi connectivity index (χ4v) is 5.09. The van der Waals surface area contributed by atoms with Gasteiger partial charge >= 0.3 is 0 Å². The van der Waals surface area contributed by atoms with E-state index in [9.17, 15) is 9.59 Å². The molecule has 6 nitrogen and oxygen atoms in total. The van der Waals surface area contributed by atoms with E-state index in [2.05, 4.69) is 41.5 Å². The highest BCUT2D eigenvalue weighted by atomic mass is 16.5. The van der Waals surface area contributed by atoms with E-state index in [1.807, 2.05) is 71.6 Å². The number of hydrogen-bond donors (Lipinski definition) is 1. The first-order chi connectivity index (χ1) is 19.0. The molecule has 2 heterocycles. The van der Waals surface area contributed by atoms with Crippen molar-refractivity contribution in [2.45, 2.75) is 38.8 Å². The van der Waals surface area contributed by atoms with Crippen molar-refractivity contribution in [3.63, 3.8) is 0 Å². The van der Waals surface area contributed by atoms with Crippen molar-refractivity contribution < 1.29 is 14.3 Å². The van der Waals surface area contributed by atoms with Crippen LogP contribution in [0.1, 0.15) is 51.3 Å². The van der Waals surface area contributed by atoms with E-state index in [-0.39, 0.29) is 17.9 Å². The van der Waals surface area contributed by atoms with Gasteiger partial charge in [0.1, 0.15) is 5.75 Å². The molecule has 0 saturated carbocycles. The molecule has 0 fully saturated rings. The molecule has 2 unspecified atom stereocenters. The molecule has 1 aliphatic rings. The van der Waals surface area contributed by atoms with E-state index in [1.165, 1.54) is 5.56 Å². The summed E-state index contributed by atoms with van der Waals surface area (Å²) >= 11 is 0. The number of rotatable bonds is 8. The summed E-state index contributed by atoms with van der Waals surface area (Å²) in [4.78, 5) is 32.7. The average molecular weight is 520 g/mol. The molecule has 2 atom stereocenters. The van der Waals surface area contributed by atoms with Gasteiger partial charge in [-0.3, -0.25) is 14.6 Å². The van der Waals surface area contributed by atoms with E-state index in [1.54, 1.807) is 13.1 Å². The Morgan fingerprint density at radius 1 is 1.00 bits per heavy atom. The molecule has 0 saturated heterocycles. The molecule has 1 aliphatic heterocycles. The second kappa shape index (κ2) is 11.9. The van der Waals surface area contributed by atoms with Gasteiger partial charge in [0.05, 0.1) is 6.04 Å². The molecule has 1 N–H and O–H groups in total. The van der Waals surface area contributed by atoms with E-state index < -0.39 is 6.10 Å². The first kappa shape index (κ1) is 26.2. The lowest BCUT2D eigenvalue weighted by molar-refractivity contribution is -0.127. The van der Waals surface area contributed by atoms with Crippen LogP contribution in [0.2, 0.25) is 0 Å². The smallest absolute Gasteiger partial charge is 0.260 e. The van der Waals surface area contributed by atoms with E-state index >= 15 is 0 Å². The zero-order chi connectivity index (χ0) is 27.2. The minimum atomic E-state index is -0.671. The number of amides is 2. The van der Waals surface area contributed by atoms with E-state index in [4.69, 9.17) is 4.74 Å². The summed E-state index contributed by atoms with van der Waals surface area (Å²) < 4.78 is 6.10. The lowest BCUT2D eigenvalue weighted by atomic mass is 9.87. The SMILES string of the molecule is Cc1cccc(C2c3cc(OC(C)C(=O)NCCc4ccccn4)ccc3CCN2C(=O)c2ccccc2)c1. The fourth-order valence-electron chi connectivity index (χ4n) is 5.09. The van der Waals surface area contributed by atoms with Gasteiger partial charge < -0.3 is 15.0 Å². The molecule has 198 valence electrons. The maximum Gasteiger partial charge on any atom is 0.260 e. The van der Waals surface area contributed by atoms with Crippen LogP contribution in [0.25, 0.3) is 0 Å².